The minimum absolute atomic E-state index is 0. The zero-order valence-corrected chi connectivity index (χ0v) is 12.3. The quantitative estimate of drug-likeness (QED) is 0.381. The molecule has 0 aliphatic carbocycles. The number of nitrogen functional groups attached to an aromatic ring is 1. The zero-order chi connectivity index (χ0) is 11.1. The molecule has 81 valence electrons. The molecule has 0 aliphatic heterocycles. The fraction of sp³-hybridized carbons (Fsp3) is 0. The van der Waals surface area contributed by atoms with E-state index in [2.05, 4.69) is 31.2 Å². The first-order chi connectivity index (χ1) is 7.77. The van der Waals surface area contributed by atoms with Crippen LogP contribution in [0.25, 0.3) is 21.5 Å². The fourth-order valence-electron chi connectivity index (χ4n) is 2.26. The van der Waals surface area contributed by atoms with Crippen LogP contribution in [-0.4, -0.2) is 0 Å². The van der Waals surface area contributed by atoms with Gasteiger partial charge in [0.05, 0.1) is 0 Å². The van der Waals surface area contributed by atoms with Gasteiger partial charge in [-0.05, 0) is 16.8 Å². The number of anilines is 1. The summed E-state index contributed by atoms with van der Waals surface area (Å²) in [7, 11) is 0. The van der Waals surface area contributed by atoms with E-state index in [0.717, 1.165) is 22.0 Å². The van der Waals surface area contributed by atoms with Crippen LogP contribution in [0.15, 0.2) is 48.5 Å². The summed E-state index contributed by atoms with van der Waals surface area (Å²) in [6.07, 6.45) is 0. The number of fused-ring (bicyclic) bond motifs is 3. The third-order valence-corrected chi connectivity index (χ3v) is 3.00. The van der Waals surface area contributed by atoms with Gasteiger partial charge in [0, 0.05) is 38.4 Å². The van der Waals surface area contributed by atoms with Crippen molar-refractivity contribution in [1.29, 1.82) is 0 Å². The van der Waals surface area contributed by atoms with E-state index in [-0.39, 0.29) is 32.7 Å². The number of nitrogens with two attached hydrogens (primary N) is 1. The van der Waals surface area contributed by atoms with Crippen LogP contribution in [0.5, 0.6) is 0 Å². The second-order valence-electron chi connectivity index (χ2n) is 4.03. The predicted octanol–water partition coefficient (Wildman–Crippen LogP) is 3.75. The van der Waals surface area contributed by atoms with E-state index < -0.39 is 0 Å². The van der Waals surface area contributed by atoms with E-state index in [4.69, 9.17) is 5.73 Å². The molecule has 0 aliphatic rings. The normalized spacial score (nSPS) is 10.4. The van der Waals surface area contributed by atoms with Gasteiger partial charge in [0.1, 0.15) is 0 Å². The first-order valence-electron chi connectivity index (χ1n) is 5.29. The van der Waals surface area contributed by atoms with Crippen LogP contribution in [-0.2, 0) is 32.7 Å². The van der Waals surface area contributed by atoms with Crippen LogP contribution in [0.4, 0.5) is 5.69 Å². The minimum atomic E-state index is 0. The molecule has 3 aromatic carbocycles. The summed E-state index contributed by atoms with van der Waals surface area (Å²) in [6, 6.07) is 16.4. The Kier molecular flexibility index (Phi) is 3.41. The van der Waals surface area contributed by atoms with E-state index in [0.29, 0.717) is 0 Å². The van der Waals surface area contributed by atoms with E-state index in [1.165, 1.54) is 10.8 Å². The molecule has 0 spiro atoms. The van der Waals surface area contributed by atoms with Crippen molar-refractivity contribution in [2.24, 2.45) is 0 Å². The van der Waals surface area contributed by atoms with Gasteiger partial charge in [-0.25, -0.2) is 0 Å². The summed E-state index contributed by atoms with van der Waals surface area (Å²) in [4.78, 5) is 0. The second-order valence-corrected chi connectivity index (χ2v) is 4.03. The Labute approximate surface area is 126 Å². The Balaban J connectivity index is 0.00000108. The molecule has 0 amide bonds. The maximum atomic E-state index is 6.06. The Bertz CT molecular complexity index is 628. The van der Waals surface area contributed by atoms with Gasteiger partial charge in [-0.3, -0.25) is 0 Å². The molecule has 0 fully saturated rings. The van der Waals surface area contributed by atoms with Gasteiger partial charge in [0.15, 0.2) is 0 Å². The van der Waals surface area contributed by atoms with Gasteiger partial charge >= 0.3 is 0 Å². The summed E-state index contributed by atoms with van der Waals surface area (Å²) < 4.78 is 0. The standard InChI is InChI=1S/C15H12N.Y/c1-10-4-2-5-11-8-9-12-6-3-7-13(16)15(12)14(10)11;/h2-9H,1,16H2;/q-1;. The van der Waals surface area contributed by atoms with Gasteiger partial charge in [-0.1, -0.05) is 35.7 Å². The Morgan fingerprint density at radius 1 is 0.765 bits per heavy atom. The molecule has 0 bridgehead atoms. The predicted molar refractivity (Wildman–Crippen MR) is 70.3 cm³/mol. The molecule has 0 saturated carbocycles. The van der Waals surface area contributed by atoms with Crippen molar-refractivity contribution in [3.8, 4) is 0 Å². The first-order valence-corrected chi connectivity index (χ1v) is 5.29. The molecular weight excluding hydrogens is 283 g/mol. The van der Waals surface area contributed by atoms with Crippen LogP contribution < -0.4 is 5.73 Å². The van der Waals surface area contributed by atoms with E-state index in [9.17, 15) is 0 Å². The molecule has 0 unspecified atom stereocenters. The molecule has 0 atom stereocenters. The van der Waals surface area contributed by atoms with Crippen LogP contribution in [0.1, 0.15) is 5.56 Å². The molecule has 17 heavy (non-hydrogen) atoms. The third kappa shape index (κ3) is 1.94. The van der Waals surface area contributed by atoms with Gasteiger partial charge in [-0.2, -0.15) is 18.6 Å². The van der Waals surface area contributed by atoms with Crippen molar-refractivity contribution >= 4 is 27.2 Å². The number of hydrogen-bond donors (Lipinski definition) is 1. The third-order valence-electron chi connectivity index (χ3n) is 3.00. The number of hydrogen-bond acceptors (Lipinski definition) is 1. The van der Waals surface area contributed by atoms with E-state index in [1.807, 2.05) is 24.3 Å². The Morgan fingerprint density at radius 3 is 2.06 bits per heavy atom. The van der Waals surface area contributed by atoms with E-state index in [1.54, 1.807) is 0 Å². The Hall–Kier alpha value is -1.05. The maximum Gasteiger partial charge on any atom is 0.0275 e. The van der Waals surface area contributed by atoms with Crippen molar-refractivity contribution in [1.82, 2.24) is 0 Å². The number of benzene rings is 3. The maximum absolute atomic E-state index is 6.06. The average Bonchev–Trinajstić information content (AvgIpc) is 2.29. The molecule has 2 heteroatoms. The average molecular weight is 295 g/mol. The first kappa shape index (κ1) is 12.4. The van der Waals surface area contributed by atoms with Gasteiger partial charge < -0.3 is 5.73 Å². The smallest absolute Gasteiger partial charge is 0.0275 e. The Morgan fingerprint density at radius 2 is 1.35 bits per heavy atom. The molecule has 0 heterocycles. The fourth-order valence-corrected chi connectivity index (χ4v) is 2.26. The van der Waals surface area contributed by atoms with Crippen molar-refractivity contribution < 1.29 is 32.7 Å². The minimum Gasteiger partial charge on any atom is -0.399 e. The van der Waals surface area contributed by atoms with Crippen LogP contribution >= 0.6 is 0 Å². The van der Waals surface area contributed by atoms with Gasteiger partial charge in [0.25, 0.3) is 0 Å². The molecule has 3 rings (SSSR count). The number of rotatable bonds is 0. The van der Waals surface area contributed by atoms with Gasteiger partial charge in [-0.15, -0.1) is 11.5 Å². The van der Waals surface area contributed by atoms with Gasteiger partial charge in [0.2, 0.25) is 0 Å². The summed E-state index contributed by atoms with van der Waals surface area (Å²) in [5.41, 5.74) is 7.91. The van der Waals surface area contributed by atoms with Crippen molar-refractivity contribution in [3.63, 3.8) is 0 Å². The monoisotopic (exact) mass is 295 g/mol. The topological polar surface area (TPSA) is 26.0 Å². The molecule has 3 aromatic rings. The second kappa shape index (κ2) is 4.68. The van der Waals surface area contributed by atoms with Crippen molar-refractivity contribution in [2.45, 2.75) is 0 Å². The molecular formula is C15H12NY-. The largest absolute Gasteiger partial charge is 0.399 e. The molecule has 0 saturated heterocycles. The van der Waals surface area contributed by atoms with Crippen LogP contribution in [0.2, 0.25) is 0 Å². The van der Waals surface area contributed by atoms with Crippen molar-refractivity contribution in [3.05, 3.63) is 61.0 Å². The summed E-state index contributed by atoms with van der Waals surface area (Å²) in [5.74, 6) is 0. The zero-order valence-electron chi connectivity index (χ0n) is 9.48. The van der Waals surface area contributed by atoms with Crippen LogP contribution in [0, 0.1) is 6.92 Å². The SMILES string of the molecule is [CH2-]c1cccc2ccc3cccc(N)c3c12.[Y]. The molecule has 1 radical (unpaired) electrons. The van der Waals surface area contributed by atoms with Crippen molar-refractivity contribution in [2.75, 3.05) is 5.73 Å². The molecule has 1 nitrogen and oxygen atoms in total. The summed E-state index contributed by atoms with van der Waals surface area (Å²) >= 11 is 0. The summed E-state index contributed by atoms with van der Waals surface area (Å²) in [6.45, 7) is 4.08. The molecule has 2 N–H and O–H groups in total. The molecule has 0 aromatic heterocycles. The van der Waals surface area contributed by atoms with E-state index >= 15 is 0 Å². The summed E-state index contributed by atoms with van der Waals surface area (Å²) in [5, 5.41) is 4.64. The van der Waals surface area contributed by atoms with Crippen LogP contribution in [0.3, 0.4) is 0 Å².